The van der Waals surface area contributed by atoms with Gasteiger partial charge in [-0.2, -0.15) is 0 Å². The molecule has 0 bridgehead atoms. The third kappa shape index (κ3) is 2.33. The van der Waals surface area contributed by atoms with E-state index in [2.05, 4.69) is 23.5 Å². The van der Waals surface area contributed by atoms with Gasteiger partial charge in [-0.05, 0) is 42.9 Å². The van der Waals surface area contributed by atoms with E-state index in [0.29, 0.717) is 11.8 Å². The molecule has 3 N–H and O–H groups in total. The van der Waals surface area contributed by atoms with Crippen LogP contribution in [0.1, 0.15) is 18.4 Å². The molecule has 0 aromatic heterocycles. The molecule has 1 amide bonds. The summed E-state index contributed by atoms with van der Waals surface area (Å²) in [6, 6.07) is 6.82. The van der Waals surface area contributed by atoms with Crippen LogP contribution in [0.25, 0.3) is 0 Å². The van der Waals surface area contributed by atoms with E-state index in [9.17, 15) is 4.79 Å². The van der Waals surface area contributed by atoms with Gasteiger partial charge in [0, 0.05) is 10.9 Å². The second-order valence-corrected chi connectivity index (χ2v) is 5.99. The van der Waals surface area contributed by atoms with Crippen LogP contribution >= 0.6 is 11.8 Å². The Morgan fingerprint density at radius 2 is 2.24 bits per heavy atom. The van der Waals surface area contributed by atoms with E-state index in [0.717, 1.165) is 30.9 Å². The van der Waals surface area contributed by atoms with Gasteiger partial charge < -0.3 is 11.1 Å². The highest BCUT2D eigenvalue weighted by molar-refractivity contribution is 8.00. The molecule has 0 atom stereocenters. The highest BCUT2D eigenvalue weighted by Crippen LogP contribution is 2.34. The average Bonchev–Trinajstić information content (AvgIpc) is 2.26. The Bertz CT molecular complexity index is 455. The van der Waals surface area contributed by atoms with Gasteiger partial charge in [0.25, 0.3) is 0 Å². The number of carbonyl (C=O) groups is 1. The van der Waals surface area contributed by atoms with Crippen molar-refractivity contribution in [1.29, 1.82) is 0 Å². The van der Waals surface area contributed by atoms with Gasteiger partial charge in [0.05, 0.1) is 11.4 Å². The number of rotatable bonds is 2. The molecule has 1 aromatic carbocycles. The van der Waals surface area contributed by atoms with Crippen molar-refractivity contribution in [3.8, 4) is 0 Å². The van der Waals surface area contributed by atoms with Crippen LogP contribution in [0, 0.1) is 5.92 Å². The number of hydrogen-bond donors (Lipinski definition) is 2. The number of amides is 1. The number of hydrogen-bond acceptors (Lipinski definition) is 3. The van der Waals surface area contributed by atoms with Crippen LogP contribution in [0.5, 0.6) is 0 Å². The summed E-state index contributed by atoms with van der Waals surface area (Å²) in [6.45, 7) is 0. The maximum Gasteiger partial charge on any atom is 0.234 e. The van der Waals surface area contributed by atoms with Gasteiger partial charge in [-0.1, -0.05) is 6.07 Å². The van der Waals surface area contributed by atoms with Crippen molar-refractivity contribution in [2.45, 2.75) is 30.2 Å². The van der Waals surface area contributed by atoms with Gasteiger partial charge in [0.15, 0.2) is 0 Å². The predicted octanol–water partition coefficient (Wildman–Crippen LogP) is 2.01. The molecular formula is C13H16N2OS. The quantitative estimate of drug-likeness (QED) is 0.841. The minimum Gasteiger partial charge on any atom is -0.328 e. The zero-order chi connectivity index (χ0) is 11.8. The molecule has 1 aromatic rings. The molecule has 0 saturated heterocycles. The molecule has 0 unspecified atom stereocenters. The van der Waals surface area contributed by atoms with Crippen LogP contribution in [0.2, 0.25) is 0 Å². The van der Waals surface area contributed by atoms with E-state index in [1.165, 1.54) is 10.5 Å². The Morgan fingerprint density at radius 3 is 3.00 bits per heavy atom. The van der Waals surface area contributed by atoms with Gasteiger partial charge in [-0.15, -0.1) is 11.8 Å². The molecule has 2 aliphatic rings. The average molecular weight is 248 g/mol. The Kier molecular flexibility index (Phi) is 2.84. The number of carbonyl (C=O) groups excluding carboxylic acids is 1. The van der Waals surface area contributed by atoms with Crippen LogP contribution in [-0.2, 0) is 11.2 Å². The van der Waals surface area contributed by atoms with Gasteiger partial charge >= 0.3 is 0 Å². The lowest BCUT2D eigenvalue weighted by atomic mass is 9.77. The zero-order valence-corrected chi connectivity index (χ0v) is 10.4. The van der Waals surface area contributed by atoms with E-state index in [4.69, 9.17) is 5.73 Å². The number of thioether (sulfide) groups is 1. The lowest BCUT2D eigenvalue weighted by molar-refractivity contribution is -0.113. The molecule has 4 heteroatoms. The highest BCUT2D eigenvalue weighted by Gasteiger charge is 2.26. The van der Waals surface area contributed by atoms with E-state index >= 15 is 0 Å². The van der Waals surface area contributed by atoms with Crippen LogP contribution in [0.4, 0.5) is 5.69 Å². The first-order valence-electron chi connectivity index (χ1n) is 6.02. The summed E-state index contributed by atoms with van der Waals surface area (Å²) in [5, 5.41) is 2.93. The summed E-state index contributed by atoms with van der Waals surface area (Å²) in [7, 11) is 0. The van der Waals surface area contributed by atoms with E-state index in [-0.39, 0.29) is 5.91 Å². The fourth-order valence-electron chi connectivity index (χ4n) is 2.54. The largest absolute Gasteiger partial charge is 0.328 e. The summed E-state index contributed by atoms with van der Waals surface area (Å²) in [5.41, 5.74) is 8.08. The maximum absolute atomic E-state index is 11.3. The summed E-state index contributed by atoms with van der Waals surface area (Å²) < 4.78 is 0. The van der Waals surface area contributed by atoms with Crippen LogP contribution < -0.4 is 11.1 Å². The first-order valence-corrected chi connectivity index (χ1v) is 7.00. The smallest absolute Gasteiger partial charge is 0.234 e. The fourth-order valence-corrected chi connectivity index (χ4v) is 3.33. The van der Waals surface area contributed by atoms with E-state index < -0.39 is 0 Å². The Morgan fingerprint density at radius 1 is 1.41 bits per heavy atom. The molecule has 1 fully saturated rings. The molecule has 1 heterocycles. The number of nitrogens with one attached hydrogen (secondary N) is 1. The molecule has 0 spiro atoms. The molecule has 1 aliphatic carbocycles. The molecule has 90 valence electrons. The van der Waals surface area contributed by atoms with E-state index in [1.54, 1.807) is 11.8 Å². The number of nitrogens with two attached hydrogens (primary N) is 1. The van der Waals surface area contributed by atoms with Gasteiger partial charge in [0.2, 0.25) is 5.91 Å². The molecule has 3 rings (SSSR count). The molecular weight excluding hydrogens is 232 g/mol. The fraction of sp³-hybridized carbons (Fsp3) is 0.462. The van der Waals surface area contributed by atoms with Gasteiger partial charge in [-0.25, -0.2) is 0 Å². The number of fused-ring (bicyclic) bond motifs is 1. The molecule has 17 heavy (non-hydrogen) atoms. The Hall–Kier alpha value is -1.000. The predicted molar refractivity (Wildman–Crippen MR) is 70.2 cm³/mol. The summed E-state index contributed by atoms with van der Waals surface area (Å²) in [5.74, 6) is 1.37. The Balaban J connectivity index is 1.73. The second kappa shape index (κ2) is 4.35. The van der Waals surface area contributed by atoms with Crippen molar-refractivity contribution in [2.24, 2.45) is 11.7 Å². The standard InChI is InChI=1S/C13H16N2OS/c14-10-4-9(5-10)3-8-1-2-12-11(6-8)15-13(16)7-17-12/h1-2,6,9-10H,3-5,7,14H2,(H,15,16). The van der Waals surface area contributed by atoms with Gasteiger partial charge in [-0.3, -0.25) is 4.79 Å². The normalized spacial score (nSPS) is 27.0. The molecule has 3 nitrogen and oxygen atoms in total. The maximum atomic E-state index is 11.3. The van der Waals surface area contributed by atoms with Crippen LogP contribution in [-0.4, -0.2) is 17.7 Å². The third-order valence-electron chi connectivity index (χ3n) is 3.47. The molecule has 1 aliphatic heterocycles. The first kappa shape index (κ1) is 11.1. The molecule has 0 radical (unpaired) electrons. The Labute approximate surface area is 105 Å². The first-order chi connectivity index (χ1) is 8.20. The highest BCUT2D eigenvalue weighted by atomic mass is 32.2. The lowest BCUT2D eigenvalue weighted by Gasteiger charge is -2.32. The minimum atomic E-state index is 0.102. The minimum absolute atomic E-state index is 0.102. The SMILES string of the molecule is NC1CC(Cc2ccc3c(c2)NC(=O)CS3)C1. The molecule has 1 saturated carbocycles. The van der Waals surface area contributed by atoms with Crippen molar-refractivity contribution < 1.29 is 4.79 Å². The third-order valence-corrected chi connectivity index (χ3v) is 4.55. The summed E-state index contributed by atoms with van der Waals surface area (Å²) in [6.07, 6.45) is 3.36. The second-order valence-electron chi connectivity index (χ2n) is 4.97. The number of benzene rings is 1. The van der Waals surface area contributed by atoms with Crippen molar-refractivity contribution in [3.63, 3.8) is 0 Å². The lowest BCUT2D eigenvalue weighted by Crippen LogP contribution is -2.37. The monoisotopic (exact) mass is 248 g/mol. The van der Waals surface area contributed by atoms with Crippen molar-refractivity contribution in [1.82, 2.24) is 0 Å². The van der Waals surface area contributed by atoms with Crippen molar-refractivity contribution in [2.75, 3.05) is 11.1 Å². The van der Waals surface area contributed by atoms with Crippen LogP contribution in [0.3, 0.4) is 0 Å². The number of anilines is 1. The van der Waals surface area contributed by atoms with Crippen molar-refractivity contribution in [3.05, 3.63) is 23.8 Å². The summed E-state index contributed by atoms with van der Waals surface area (Å²) >= 11 is 1.61. The topological polar surface area (TPSA) is 55.1 Å². The van der Waals surface area contributed by atoms with Gasteiger partial charge in [0.1, 0.15) is 0 Å². The zero-order valence-electron chi connectivity index (χ0n) is 9.61. The van der Waals surface area contributed by atoms with Crippen LogP contribution in [0.15, 0.2) is 23.1 Å². The summed E-state index contributed by atoms with van der Waals surface area (Å²) in [4.78, 5) is 12.5. The van der Waals surface area contributed by atoms with E-state index in [1.807, 2.05) is 0 Å². The van der Waals surface area contributed by atoms with Crippen molar-refractivity contribution >= 4 is 23.4 Å².